The summed E-state index contributed by atoms with van der Waals surface area (Å²) in [4.78, 5) is 19.9. The van der Waals surface area contributed by atoms with Crippen LogP contribution in [-0.4, -0.2) is 43.2 Å². The molecule has 0 aliphatic heterocycles. The van der Waals surface area contributed by atoms with Gasteiger partial charge >= 0.3 is 6.03 Å². The van der Waals surface area contributed by atoms with E-state index in [4.69, 9.17) is 9.47 Å². The molecule has 2 amide bonds. The van der Waals surface area contributed by atoms with E-state index in [1.165, 1.54) is 44.6 Å². The lowest BCUT2D eigenvalue weighted by molar-refractivity contribution is 0.259. The molecule has 1 heterocycles. The summed E-state index contributed by atoms with van der Waals surface area (Å²) in [6.45, 7) is 0. The number of urea groups is 1. The average molecular weight is 353 g/mol. The number of anilines is 2. The Morgan fingerprint density at radius 3 is 2.12 bits per heavy atom. The highest BCUT2D eigenvalue weighted by molar-refractivity contribution is 7.88. The van der Waals surface area contributed by atoms with E-state index in [9.17, 15) is 17.8 Å². The normalized spacial score (nSPS) is 10.8. The van der Waals surface area contributed by atoms with Gasteiger partial charge in [-0.1, -0.05) is 18.2 Å². The Bertz CT molecular complexity index is 805. The molecule has 1 N–H and O–H groups in total. The third-order valence-corrected chi connectivity index (χ3v) is 3.54. The number of nitrogens with zero attached hydrogens (tertiary/aromatic N) is 3. The first-order chi connectivity index (χ1) is 11.3. The van der Waals surface area contributed by atoms with Crippen LogP contribution < -0.4 is 19.1 Å². The summed E-state index contributed by atoms with van der Waals surface area (Å²) in [5.41, 5.74) is -0.125. The van der Waals surface area contributed by atoms with Crippen LogP contribution in [0.1, 0.15) is 0 Å². The van der Waals surface area contributed by atoms with E-state index in [-0.39, 0.29) is 27.7 Å². The van der Waals surface area contributed by atoms with Gasteiger partial charge in [-0.25, -0.2) is 13.2 Å². The van der Waals surface area contributed by atoms with Crippen molar-refractivity contribution >= 4 is 28.0 Å². The van der Waals surface area contributed by atoms with Gasteiger partial charge in [-0.2, -0.15) is 14.3 Å². The Morgan fingerprint density at radius 1 is 1.12 bits per heavy atom. The maximum absolute atomic E-state index is 12.2. The fourth-order valence-electron chi connectivity index (χ4n) is 1.73. The lowest BCUT2D eigenvalue weighted by Gasteiger charge is -2.24. The Kier molecular flexibility index (Phi) is 5.16. The summed E-state index contributed by atoms with van der Waals surface area (Å²) in [7, 11) is -2.44. The van der Waals surface area contributed by atoms with Gasteiger partial charge in [0.05, 0.1) is 26.0 Å². The number of methoxy groups -OCH3 is 2. The molecule has 10 nitrogen and oxygen atoms in total. The summed E-state index contributed by atoms with van der Waals surface area (Å²) in [5.74, 6) is -0.137. The van der Waals surface area contributed by atoms with Gasteiger partial charge in [-0.05, 0) is 12.1 Å². The zero-order valence-corrected chi connectivity index (χ0v) is 13.5. The van der Waals surface area contributed by atoms with Crippen LogP contribution in [0, 0.1) is 0 Å². The Balaban J connectivity index is 2.35. The predicted molar refractivity (Wildman–Crippen MR) is 82.8 cm³/mol. The minimum absolute atomic E-state index is 0.0578. The van der Waals surface area contributed by atoms with E-state index in [1.807, 2.05) is 0 Å². The number of para-hydroxylation sites is 1. The lowest BCUT2D eigenvalue weighted by Crippen LogP contribution is -2.40. The summed E-state index contributed by atoms with van der Waals surface area (Å²) in [6, 6.07) is 7.26. The topological polar surface area (TPSA) is 134 Å². The zero-order chi connectivity index (χ0) is 17.7. The highest BCUT2D eigenvalue weighted by atomic mass is 32.2. The maximum Gasteiger partial charge on any atom is 0.341 e. The van der Waals surface area contributed by atoms with E-state index >= 15 is 0 Å². The molecule has 0 aliphatic carbocycles. The number of hydrogen-bond donors (Lipinski definition) is 1. The van der Waals surface area contributed by atoms with Crippen LogP contribution in [0.4, 0.5) is 16.4 Å². The van der Waals surface area contributed by atoms with Gasteiger partial charge < -0.3 is 14.0 Å². The summed E-state index contributed by atoms with van der Waals surface area (Å²) < 4.78 is 44.2. The van der Waals surface area contributed by atoms with Gasteiger partial charge in [-0.3, -0.25) is 5.32 Å². The van der Waals surface area contributed by atoms with Crippen LogP contribution in [0.15, 0.2) is 36.4 Å². The number of aromatic nitrogens is 2. The SMILES string of the molecule is COc1cc(OC)nc(NC(=O)N(c2ccccc2)S(=O)(=O)[O-])n1. The van der Waals surface area contributed by atoms with Crippen molar-refractivity contribution in [2.45, 2.75) is 0 Å². The van der Waals surface area contributed by atoms with Gasteiger partial charge in [0.15, 0.2) is 10.3 Å². The van der Waals surface area contributed by atoms with E-state index < -0.39 is 16.3 Å². The summed E-state index contributed by atoms with van der Waals surface area (Å²) >= 11 is 0. The Morgan fingerprint density at radius 2 is 1.67 bits per heavy atom. The zero-order valence-electron chi connectivity index (χ0n) is 12.7. The molecule has 0 unspecified atom stereocenters. The molecule has 0 aliphatic rings. The van der Waals surface area contributed by atoms with Crippen LogP contribution in [0.5, 0.6) is 11.8 Å². The van der Waals surface area contributed by atoms with Crippen molar-refractivity contribution in [2.24, 2.45) is 0 Å². The number of rotatable bonds is 5. The first-order valence-corrected chi connectivity index (χ1v) is 7.81. The number of carbonyl (C=O) groups is 1. The number of nitrogens with one attached hydrogen (secondary N) is 1. The summed E-state index contributed by atoms with van der Waals surface area (Å²) in [6.07, 6.45) is 0. The van der Waals surface area contributed by atoms with Crippen molar-refractivity contribution in [3.63, 3.8) is 0 Å². The quantitative estimate of drug-likeness (QED) is 0.787. The van der Waals surface area contributed by atoms with Gasteiger partial charge in [0, 0.05) is 0 Å². The molecule has 1 aromatic heterocycles. The average Bonchev–Trinajstić information content (AvgIpc) is 2.54. The van der Waals surface area contributed by atoms with E-state index in [1.54, 1.807) is 6.07 Å². The van der Waals surface area contributed by atoms with Crippen molar-refractivity contribution in [3.05, 3.63) is 36.4 Å². The monoisotopic (exact) mass is 353 g/mol. The van der Waals surface area contributed by atoms with E-state index in [2.05, 4.69) is 15.3 Å². The maximum atomic E-state index is 12.2. The molecule has 0 bridgehead atoms. The minimum atomic E-state index is -5.12. The molecular weight excluding hydrogens is 340 g/mol. The molecule has 24 heavy (non-hydrogen) atoms. The molecule has 0 radical (unpaired) electrons. The third kappa shape index (κ3) is 4.08. The molecule has 2 aromatic rings. The van der Waals surface area contributed by atoms with Crippen molar-refractivity contribution in [1.29, 1.82) is 0 Å². The van der Waals surface area contributed by atoms with E-state index in [0.717, 1.165) is 0 Å². The number of benzene rings is 1. The van der Waals surface area contributed by atoms with Crippen LogP contribution in [0.3, 0.4) is 0 Å². The van der Waals surface area contributed by atoms with Gasteiger partial charge in [0.25, 0.3) is 0 Å². The highest BCUT2D eigenvalue weighted by Gasteiger charge is 2.23. The van der Waals surface area contributed by atoms with Gasteiger partial charge in [-0.15, -0.1) is 0 Å². The molecule has 0 atom stereocenters. The second-order valence-electron chi connectivity index (χ2n) is 4.26. The van der Waals surface area contributed by atoms with E-state index in [0.29, 0.717) is 0 Å². The van der Waals surface area contributed by atoms with Crippen LogP contribution >= 0.6 is 0 Å². The molecule has 0 spiro atoms. The highest BCUT2D eigenvalue weighted by Crippen LogP contribution is 2.20. The lowest BCUT2D eigenvalue weighted by atomic mass is 10.3. The first kappa shape index (κ1) is 17.4. The number of hydrogen-bond acceptors (Lipinski definition) is 8. The molecule has 0 saturated heterocycles. The van der Waals surface area contributed by atoms with Crippen molar-refractivity contribution in [1.82, 2.24) is 9.97 Å². The molecule has 0 fully saturated rings. The fourth-order valence-corrected chi connectivity index (χ4v) is 2.36. The fraction of sp³-hybridized carbons (Fsp3) is 0.154. The molecule has 2 rings (SSSR count). The number of carbonyl (C=O) groups excluding carboxylic acids is 1. The van der Waals surface area contributed by atoms with Crippen LogP contribution in [0.25, 0.3) is 0 Å². The molecular formula is C13H13N4O6S-. The standard InChI is InChI=1S/C13H14N4O6S/c1-22-10-8-11(23-2)15-12(14-10)16-13(18)17(24(19,20)21)9-6-4-3-5-7-9/h3-8H,1-2H3,(H,19,20,21)(H,14,15,16,18)/p-1. The van der Waals surface area contributed by atoms with Gasteiger partial charge in [0.2, 0.25) is 17.7 Å². The number of ether oxygens (including phenoxy) is 2. The van der Waals surface area contributed by atoms with Crippen LogP contribution in [-0.2, 0) is 10.3 Å². The molecule has 0 saturated carbocycles. The Hall–Kier alpha value is -2.92. The van der Waals surface area contributed by atoms with Crippen molar-refractivity contribution in [3.8, 4) is 11.8 Å². The second-order valence-corrected chi connectivity index (χ2v) is 5.48. The molecule has 1 aromatic carbocycles. The largest absolute Gasteiger partial charge is 0.730 e. The smallest absolute Gasteiger partial charge is 0.341 e. The first-order valence-electron chi connectivity index (χ1n) is 6.44. The van der Waals surface area contributed by atoms with Crippen molar-refractivity contribution < 1.29 is 27.2 Å². The Labute approximate surface area is 137 Å². The number of amides is 2. The molecule has 128 valence electrons. The predicted octanol–water partition coefficient (Wildman–Crippen LogP) is 0.992. The second kappa shape index (κ2) is 7.10. The molecule has 11 heteroatoms. The summed E-state index contributed by atoms with van der Waals surface area (Å²) in [5, 5.41) is 2.12. The van der Waals surface area contributed by atoms with Crippen molar-refractivity contribution in [2.75, 3.05) is 23.8 Å². The van der Waals surface area contributed by atoms with Crippen LogP contribution in [0.2, 0.25) is 0 Å². The third-order valence-electron chi connectivity index (χ3n) is 2.71. The minimum Gasteiger partial charge on any atom is -0.730 e. The van der Waals surface area contributed by atoms with Gasteiger partial charge in [0.1, 0.15) is 0 Å².